The molecule has 0 aromatic heterocycles. The summed E-state index contributed by atoms with van der Waals surface area (Å²) in [6, 6.07) is 0. The number of carbonyl (C=O) groups excluding carboxylic acids is 1. The topological polar surface area (TPSA) is 35.5 Å². The van der Waals surface area contributed by atoms with Crippen molar-refractivity contribution in [3.8, 4) is 0 Å². The van der Waals surface area contributed by atoms with Gasteiger partial charge < -0.3 is 9.47 Å². The molecule has 0 rings (SSSR count). The summed E-state index contributed by atoms with van der Waals surface area (Å²) in [6.07, 6.45) is 14.7. The molecule has 20 heavy (non-hydrogen) atoms. The minimum Gasteiger partial charge on any atom is -0.434 e. The Morgan fingerprint density at radius 1 is 0.600 bits per heavy atom. The summed E-state index contributed by atoms with van der Waals surface area (Å²) < 4.78 is 9.80. The minimum atomic E-state index is -0.515. The standard InChI is InChI=1S/C17H34O3/c1-3-5-6-7-8-9-10-11-12-13-14-16-20-17(18)19-15-4-2/h3-16H2,1-2H3. The van der Waals surface area contributed by atoms with Crippen LogP contribution in [0.5, 0.6) is 0 Å². The molecule has 0 N–H and O–H groups in total. The molecular weight excluding hydrogens is 252 g/mol. The summed E-state index contributed by atoms with van der Waals surface area (Å²) >= 11 is 0. The van der Waals surface area contributed by atoms with Crippen molar-refractivity contribution in [1.82, 2.24) is 0 Å². The Bertz CT molecular complexity index is 204. The van der Waals surface area contributed by atoms with Gasteiger partial charge in [-0.25, -0.2) is 4.79 Å². The van der Waals surface area contributed by atoms with Gasteiger partial charge in [-0.1, -0.05) is 78.1 Å². The Morgan fingerprint density at radius 2 is 1.05 bits per heavy atom. The molecule has 120 valence electrons. The molecule has 0 aromatic carbocycles. The molecule has 0 heterocycles. The fourth-order valence-electron chi connectivity index (χ4n) is 2.15. The van der Waals surface area contributed by atoms with Crippen LogP contribution < -0.4 is 0 Å². The van der Waals surface area contributed by atoms with Crippen LogP contribution in [0.4, 0.5) is 4.79 Å². The van der Waals surface area contributed by atoms with Crippen molar-refractivity contribution in [3.63, 3.8) is 0 Å². The number of hydrogen-bond donors (Lipinski definition) is 0. The highest BCUT2D eigenvalue weighted by molar-refractivity contribution is 5.59. The molecule has 0 radical (unpaired) electrons. The molecule has 0 saturated heterocycles. The Kier molecular flexibility index (Phi) is 15.7. The van der Waals surface area contributed by atoms with Gasteiger partial charge in [0.15, 0.2) is 0 Å². The second-order valence-electron chi connectivity index (χ2n) is 5.48. The smallest absolute Gasteiger partial charge is 0.434 e. The van der Waals surface area contributed by atoms with Crippen LogP contribution in [-0.4, -0.2) is 19.4 Å². The van der Waals surface area contributed by atoms with Gasteiger partial charge in [0.2, 0.25) is 0 Å². The van der Waals surface area contributed by atoms with Crippen molar-refractivity contribution in [2.24, 2.45) is 0 Å². The van der Waals surface area contributed by atoms with Crippen molar-refractivity contribution < 1.29 is 14.3 Å². The van der Waals surface area contributed by atoms with E-state index >= 15 is 0 Å². The molecule has 0 amide bonds. The zero-order chi connectivity index (χ0) is 14.9. The molecule has 0 fully saturated rings. The van der Waals surface area contributed by atoms with E-state index in [4.69, 9.17) is 9.47 Å². The maximum Gasteiger partial charge on any atom is 0.508 e. The molecule has 0 aromatic rings. The van der Waals surface area contributed by atoms with E-state index in [0.29, 0.717) is 13.2 Å². The van der Waals surface area contributed by atoms with Gasteiger partial charge in [0.1, 0.15) is 0 Å². The number of ether oxygens (including phenoxy) is 2. The Balaban J connectivity index is 3.04. The fourth-order valence-corrected chi connectivity index (χ4v) is 2.15. The highest BCUT2D eigenvalue weighted by Gasteiger charge is 2.01. The summed E-state index contributed by atoms with van der Waals surface area (Å²) in [5.74, 6) is 0. The lowest BCUT2D eigenvalue weighted by molar-refractivity contribution is 0.0541. The molecule has 0 aliphatic carbocycles. The van der Waals surface area contributed by atoms with Crippen molar-refractivity contribution in [2.75, 3.05) is 13.2 Å². The molecule has 0 atom stereocenters. The number of hydrogen-bond acceptors (Lipinski definition) is 3. The molecular formula is C17H34O3. The van der Waals surface area contributed by atoms with E-state index in [1.807, 2.05) is 6.92 Å². The molecule has 0 bridgehead atoms. The van der Waals surface area contributed by atoms with E-state index in [1.54, 1.807) is 0 Å². The van der Waals surface area contributed by atoms with E-state index in [9.17, 15) is 4.79 Å². The van der Waals surface area contributed by atoms with Crippen LogP contribution in [0.15, 0.2) is 0 Å². The summed E-state index contributed by atoms with van der Waals surface area (Å²) in [6.45, 7) is 5.18. The van der Waals surface area contributed by atoms with Crippen molar-refractivity contribution in [3.05, 3.63) is 0 Å². The predicted octanol–water partition coefficient (Wildman–Crippen LogP) is 5.86. The van der Waals surface area contributed by atoms with Crippen LogP contribution in [0.1, 0.15) is 90.9 Å². The first-order valence-electron chi connectivity index (χ1n) is 8.60. The molecule has 3 nitrogen and oxygen atoms in total. The Morgan fingerprint density at radius 3 is 1.55 bits per heavy atom. The van der Waals surface area contributed by atoms with Crippen molar-refractivity contribution >= 4 is 6.16 Å². The van der Waals surface area contributed by atoms with Crippen LogP contribution in [-0.2, 0) is 9.47 Å². The van der Waals surface area contributed by atoms with Gasteiger partial charge in [0.05, 0.1) is 13.2 Å². The first-order chi connectivity index (χ1) is 9.81. The Hall–Kier alpha value is -0.730. The average molecular weight is 286 g/mol. The quantitative estimate of drug-likeness (QED) is 0.296. The molecule has 0 aliphatic rings. The predicted molar refractivity (Wildman–Crippen MR) is 84.1 cm³/mol. The van der Waals surface area contributed by atoms with Gasteiger partial charge in [-0.2, -0.15) is 0 Å². The summed E-state index contributed by atoms with van der Waals surface area (Å²) in [7, 11) is 0. The van der Waals surface area contributed by atoms with Gasteiger partial charge in [0, 0.05) is 0 Å². The van der Waals surface area contributed by atoms with Crippen LogP contribution >= 0.6 is 0 Å². The van der Waals surface area contributed by atoms with E-state index in [0.717, 1.165) is 19.3 Å². The first kappa shape index (κ1) is 19.3. The third-order valence-corrected chi connectivity index (χ3v) is 3.39. The van der Waals surface area contributed by atoms with Gasteiger partial charge in [0.25, 0.3) is 0 Å². The maximum absolute atomic E-state index is 11.0. The highest BCUT2D eigenvalue weighted by Crippen LogP contribution is 2.11. The third-order valence-electron chi connectivity index (χ3n) is 3.39. The van der Waals surface area contributed by atoms with Crippen LogP contribution in [0.2, 0.25) is 0 Å². The van der Waals surface area contributed by atoms with Gasteiger partial charge in [-0.3, -0.25) is 0 Å². The number of carbonyl (C=O) groups is 1. The van der Waals surface area contributed by atoms with E-state index in [2.05, 4.69) is 6.92 Å². The first-order valence-corrected chi connectivity index (χ1v) is 8.60. The molecule has 0 unspecified atom stereocenters. The van der Waals surface area contributed by atoms with Crippen LogP contribution in [0.3, 0.4) is 0 Å². The number of rotatable bonds is 14. The summed E-state index contributed by atoms with van der Waals surface area (Å²) in [4.78, 5) is 11.0. The van der Waals surface area contributed by atoms with Crippen LogP contribution in [0, 0.1) is 0 Å². The largest absolute Gasteiger partial charge is 0.508 e. The van der Waals surface area contributed by atoms with E-state index in [-0.39, 0.29) is 0 Å². The molecule has 0 saturated carbocycles. The second-order valence-corrected chi connectivity index (χ2v) is 5.48. The zero-order valence-electron chi connectivity index (χ0n) is 13.6. The molecule has 3 heteroatoms. The zero-order valence-corrected chi connectivity index (χ0v) is 13.6. The third kappa shape index (κ3) is 15.3. The summed E-state index contributed by atoms with van der Waals surface area (Å²) in [5.41, 5.74) is 0. The fraction of sp³-hybridized carbons (Fsp3) is 0.941. The highest BCUT2D eigenvalue weighted by atomic mass is 16.7. The minimum absolute atomic E-state index is 0.455. The average Bonchev–Trinajstić information content (AvgIpc) is 2.46. The second kappa shape index (κ2) is 16.3. The van der Waals surface area contributed by atoms with Crippen molar-refractivity contribution in [1.29, 1.82) is 0 Å². The lowest BCUT2D eigenvalue weighted by atomic mass is 10.1. The molecule has 0 aliphatic heterocycles. The lowest BCUT2D eigenvalue weighted by Crippen LogP contribution is -2.08. The Labute approximate surface area is 125 Å². The number of unbranched alkanes of at least 4 members (excludes halogenated alkanes) is 10. The van der Waals surface area contributed by atoms with Gasteiger partial charge >= 0.3 is 6.16 Å². The van der Waals surface area contributed by atoms with Crippen LogP contribution in [0.25, 0.3) is 0 Å². The van der Waals surface area contributed by atoms with Gasteiger partial charge in [-0.15, -0.1) is 0 Å². The van der Waals surface area contributed by atoms with Gasteiger partial charge in [-0.05, 0) is 12.8 Å². The van der Waals surface area contributed by atoms with E-state index < -0.39 is 6.16 Å². The summed E-state index contributed by atoms with van der Waals surface area (Å²) in [5, 5.41) is 0. The monoisotopic (exact) mass is 286 g/mol. The maximum atomic E-state index is 11.0. The normalized spacial score (nSPS) is 10.5. The lowest BCUT2D eigenvalue weighted by Gasteiger charge is -2.05. The molecule has 0 spiro atoms. The van der Waals surface area contributed by atoms with E-state index in [1.165, 1.54) is 57.8 Å². The van der Waals surface area contributed by atoms with Crippen molar-refractivity contribution in [2.45, 2.75) is 90.9 Å². The SMILES string of the molecule is CCCCCCCCCCCCCOC(=O)OCCC.